The zero-order valence-corrected chi connectivity index (χ0v) is 12.1. The molecule has 0 bridgehead atoms. The summed E-state index contributed by atoms with van der Waals surface area (Å²) in [4.78, 5) is 24.3. The molecule has 4 heteroatoms. The van der Waals surface area contributed by atoms with Crippen molar-refractivity contribution in [3.8, 4) is 0 Å². The van der Waals surface area contributed by atoms with Gasteiger partial charge in [-0.2, -0.15) is 0 Å². The molecular weight excluding hydrogens is 244 g/mol. The molecule has 4 nitrogen and oxygen atoms in total. The Balaban J connectivity index is 2.34. The maximum Gasteiger partial charge on any atom is 0.331 e. The highest BCUT2D eigenvalue weighted by Gasteiger charge is 2.69. The van der Waals surface area contributed by atoms with E-state index in [2.05, 4.69) is 0 Å². The Labute approximate surface area is 114 Å². The molecule has 0 N–H and O–H groups in total. The lowest BCUT2D eigenvalue weighted by Crippen LogP contribution is -2.36. The molecule has 0 radical (unpaired) electrons. The first-order valence-electron chi connectivity index (χ1n) is 6.85. The summed E-state index contributed by atoms with van der Waals surface area (Å²) in [5, 5.41) is 0. The first-order chi connectivity index (χ1) is 8.93. The van der Waals surface area contributed by atoms with Gasteiger partial charge in [0.1, 0.15) is 0 Å². The molecule has 0 aromatic heterocycles. The lowest BCUT2D eigenvalue weighted by molar-refractivity contribution is -0.137. The van der Waals surface area contributed by atoms with E-state index in [-0.39, 0.29) is 17.1 Å². The van der Waals surface area contributed by atoms with Gasteiger partial charge in [0.25, 0.3) is 0 Å². The molecule has 0 aromatic rings. The maximum atomic E-state index is 12.7. The van der Waals surface area contributed by atoms with E-state index in [1.165, 1.54) is 6.08 Å². The second-order valence-corrected chi connectivity index (χ2v) is 5.82. The van der Waals surface area contributed by atoms with Gasteiger partial charge in [0.05, 0.1) is 18.6 Å². The Hall–Kier alpha value is -1.16. The minimum atomic E-state index is -0.501. The predicted octanol–water partition coefficient (Wildman–Crippen LogP) is 2.13. The summed E-state index contributed by atoms with van der Waals surface area (Å²) in [6.07, 6.45) is 3.44. The summed E-state index contributed by atoms with van der Waals surface area (Å²) in [5.41, 5.74) is 0.0910. The minimum Gasteiger partial charge on any atom is -0.463 e. The number of ketones is 1. The summed E-state index contributed by atoms with van der Waals surface area (Å²) < 4.78 is 10.2. The fourth-order valence-corrected chi connectivity index (χ4v) is 3.64. The molecule has 0 saturated heterocycles. The van der Waals surface area contributed by atoms with E-state index in [1.807, 2.05) is 13.8 Å². The molecule has 0 heterocycles. The average Bonchev–Trinajstić information content (AvgIpc) is 3.14. The number of ether oxygens (including phenoxy) is 2. The van der Waals surface area contributed by atoms with Gasteiger partial charge >= 0.3 is 5.97 Å². The zero-order chi connectivity index (χ0) is 14.3. The summed E-state index contributed by atoms with van der Waals surface area (Å²) >= 11 is 0. The molecule has 2 unspecified atom stereocenters. The first kappa shape index (κ1) is 14.3. The highest BCUT2D eigenvalue weighted by atomic mass is 16.5. The van der Waals surface area contributed by atoms with E-state index in [9.17, 15) is 9.59 Å². The number of methoxy groups -OCH3 is 1. The number of esters is 1. The average molecular weight is 266 g/mol. The largest absolute Gasteiger partial charge is 0.463 e. The molecule has 0 amide bonds. The number of hydrogen-bond acceptors (Lipinski definition) is 4. The van der Waals surface area contributed by atoms with Crippen molar-refractivity contribution in [2.24, 2.45) is 16.7 Å². The fraction of sp³-hybridized carbons (Fsp3) is 0.733. The van der Waals surface area contributed by atoms with Gasteiger partial charge in [0, 0.05) is 18.8 Å². The topological polar surface area (TPSA) is 52.6 Å². The number of allylic oxidation sites excluding steroid dienone is 1. The van der Waals surface area contributed by atoms with Crippen LogP contribution in [0.4, 0.5) is 0 Å². The highest BCUT2D eigenvalue weighted by molar-refractivity contribution is 6.07. The second kappa shape index (κ2) is 4.75. The van der Waals surface area contributed by atoms with E-state index in [1.54, 1.807) is 14.0 Å². The number of carbonyl (C=O) groups excluding carboxylic acids is 2. The molecular formula is C15H22O4. The Morgan fingerprint density at radius 2 is 2.11 bits per heavy atom. The van der Waals surface area contributed by atoms with Gasteiger partial charge in [0.2, 0.25) is 0 Å². The van der Waals surface area contributed by atoms with Crippen molar-refractivity contribution in [1.29, 1.82) is 0 Å². The van der Waals surface area contributed by atoms with E-state index in [4.69, 9.17) is 9.47 Å². The molecule has 2 saturated carbocycles. The van der Waals surface area contributed by atoms with Crippen molar-refractivity contribution in [3.63, 3.8) is 0 Å². The van der Waals surface area contributed by atoms with Crippen LogP contribution >= 0.6 is 0 Å². The second-order valence-electron chi connectivity index (χ2n) is 5.82. The van der Waals surface area contributed by atoms with E-state index < -0.39 is 11.4 Å². The van der Waals surface area contributed by atoms with Gasteiger partial charge < -0.3 is 9.47 Å². The van der Waals surface area contributed by atoms with Gasteiger partial charge in [-0.1, -0.05) is 6.92 Å². The number of rotatable bonds is 4. The Bertz CT molecular complexity index is 433. The molecule has 0 aliphatic heterocycles. The fourth-order valence-electron chi connectivity index (χ4n) is 3.64. The monoisotopic (exact) mass is 266 g/mol. The zero-order valence-electron chi connectivity index (χ0n) is 12.1. The number of Topliss-reactive ketones (excluding diaryl/α,β-unsaturated/α-hetero) is 1. The van der Waals surface area contributed by atoms with Crippen LogP contribution in [0.5, 0.6) is 0 Å². The van der Waals surface area contributed by atoms with E-state index in [0.29, 0.717) is 18.8 Å². The standard InChI is InChI=1S/C15H22O4/c1-5-19-12(16)8-11-10(2)15(6-7-15)14(3,9-18-4)13(11)17/h8,10H,5-7,9H2,1-4H3/b11-8-. The van der Waals surface area contributed by atoms with Gasteiger partial charge in [-0.3, -0.25) is 4.79 Å². The summed E-state index contributed by atoms with van der Waals surface area (Å²) in [7, 11) is 1.62. The Kier molecular flexibility index (Phi) is 3.56. The van der Waals surface area contributed by atoms with Crippen LogP contribution in [0.2, 0.25) is 0 Å². The van der Waals surface area contributed by atoms with Crippen LogP contribution in [0.3, 0.4) is 0 Å². The summed E-state index contributed by atoms with van der Waals surface area (Å²) in [6, 6.07) is 0. The molecule has 19 heavy (non-hydrogen) atoms. The van der Waals surface area contributed by atoms with Crippen LogP contribution < -0.4 is 0 Å². The molecule has 106 valence electrons. The molecule has 2 rings (SSSR count). The third kappa shape index (κ3) is 1.93. The minimum absolute atomic E-state index is 0.0155. The quantitative estimate of drug-likeness (QED) is 0.578. The maximum absolute atomic E-state index is 12.7. The lowest BCUT2D eigenvalue weighted by atomic mass is 9.74. The van der Waals surface area contributed by atoms with Crippen LogP contribution in [0.15, 0.2) is 11.6 Å². The first-order valence-corrected chi connectivity index (χ1v) is 6.85. The van der Waals surface area contributed by atoms with E-state index in [0.717, 1.165) is 12.8 Å². The third-order valence-electron chi connectivity index (χ3n) is 4.94. The van der Waals surface area contributed by atoms with Gasteiger partial charge in [-0.15, -0.1) is 0 Å². The number of carbonyl (C=O) groups is 2. The molecule has 2 aliphatic rings. The van der Waals surface area contributed by atoms with E-state index >= 15 is 0 Å². The summed E-state index contributed by atoms with van der Waals surface area (Å²) in [5.74, 6) is -0.271. The van der Waals surface area contributed by atoms with Crippen molar-refractivity contribution in [1.82, 2.24) is 0 Å². The van der Waals surface area contributed by atoms with Crippen molar-refractivity contribution < 1.29 is 19.1 Å². The third-order valence-corrected chi connectivity index (χ3v) is 4.94. The molecule has 2 aliphatic carbocycles. The predicted molar refractivity (Wildman–Crippen MR) is 70.5 cm³/mol. The number of hydrogen-bond donors (Lipinski definition) is 0. The highest BCUT2D eigenvalue weighted by Crippen LogP contribution is 2.70. The van der Waals surface area contributed by atoms with Crippen LogP contribution in [-0.4, -0.2) is 32.1 Å². The molecule has 2 atom stereocenters. The van der Waals surface area contributed by atoms with Crippen molar-refractivity contribution >= 4 is 11.8 Å². The van der Waals surface area contributed by atoms with Gasteiger partial charge in [0.15, 0.2) is 5.78 Å². The smallest absolute Gasteiger partial charge is 0.331 e. The lowest BCUT2D eigenvalue weighted by Gasteiger charge is -2.30. The normalized spacial score (nSPS) is 34.0. The molecule has 1 spiro atoms. The van der Waals surface area contributed by atoms with Crippen molar-refractivity contribution in [3.05, 3.63) is 11.6 Å². The Morgan fingerprint density at radius 1 is 1.47 bits per heavy atom. The van der Waals surface area contributed by atoms with Crippen LogP contribution in [0.25, 0.3) is 0 Å². The van der Waals surface area contributed by atoms with Crippen LogP contribution in [-0.2, 0) is 19.1 Å². The van der Waals surface area contributed by atoms with Gasteiger partial charge in [-0.05, 0) is 38.0 Å². The summed E-state index contributed by atoms with van der Waals surface area (Å²) in [6.45, 7) is 6.50. The van der Waals surface area contributed by atoms with Crippen LogP contribution in [0.1, 0.15) is 33.6 Å². The molecule has 2 fully saturated rings. The van der Waals surface area contributed by atoms with Gasteiger partial charge in [-0.25, -0.2) is 4.79 Å². The van der Waals surface area contributed by atoms with Crippen LogP contribution in [0, 0.1) is 16.7 Å². The SMILES string of the molecule is CCOC(=O)/C=C1\C(=O)C(C)(COC)C2(CC2)C1C. The van der Waals surface area contributed by atoms with Crippen molar-refractivity contribution in [2.45, 2.75) is 33.6 Å². The molecule has 0 aromatic carbocycles. The Morgan fingerprint density at radius 3 is 2.58 bits per heavy atom. The van der Waals surface area contributed by atoms with Crippen molar-refractivity contribution in [2.75, 3.05) is 20.3 Å².